The maximum atomic E-state index is 12.8. The molecule has 1 aromatic heterocycles. The van der Waals surface area contributed by atoms with Gasteiger partial charge in [0.05, 0.1) is 10.7 Å². The van der Waals surface area contributed by atoms with Crippen LogP contribution in [0.5, 0.6) is 0 Å². The van der Waals surface area contributed by atoms with Crippen molar-refractivity contribution in [2.24, 2.45) is 0 Å². The highest BCUT2D eigenvalue weighted by Gasteiger charge is 2.38. The van der Waals surface area contributed by atoms with Gasteiger partial charge in [0.1, 0.15) is 0 Å². The molecule has 0 amide bonds. The molecule has 1 aromatic carbocycles. The van der Waals surface area contributed by atoms with Crippen LogP contribution in [0.3, 0.4) is 0 Å². The number of aryl methyl sites for hydroxylation is 1. The Kier molecular flexibility index (Phi) is 6.70. The Balaban J connectivity index is 1.81. The molecule has 0 aliphatic heterocycles. The van der Waals surface area contributed by atoms with Crippen molar-refractivity contribution in [2.75, 3.05) is 11.9 Å². The fourth-order valence-corrected chi connectivity index (χ4v) is 2.79. The molecule has 0 fully saturated rings. The van der Waals surface area contributed by atoms with Crippen molar-refractivity contribution >= 4 is 50.5 Å². The number of nitrogens with one attached hydrogen (secondary N) is 2. The van der Waals surface area contributed by atoms with Crippen LogP contribution in [-0.2, 0) is 12.7 Å². The van der Waals surface area contributed by atoms with E-state index in [-0.39, 0.29) is 5.02 Å². The van der Waals surface area contributed by atoms with E-state index in [1.807, 2.05) is 24.3 Å². The Morgan fingerprint density at radius 2 is 1.96 bits per heavy atom. The first-order valence-electron chi connectivity index (χ1n) is 7.29. The minimum Gasteiger partial charge on any atom is -0.362 e. The first-order chi connectivity index (χ1) is 11.7. The molecule has 0 atom stereocenters. The molecule has 0 aliphatic rings. The Bertz CT molecular complexity index is 746. The Hall–Kier alpha value is -1.32. The number of benzene rings is 1. The van der Waals surface area contributed by atoms with Gasteiger partial charge in [-0.25, -0.2) is 0 Å². The molecule has 25 heavy (non-hydrogen) atoms. The van der Waals surface area contributed by atoms with Crippen LogP contribution in [0.15, 0.2) is 28.7 Å². The van der Waals surface area contributed by atoms with Gasteiger partial charge in [0.15, 0.2) is 10.8 Å². The highest BCUT2D eigenvalue weighted by atomic mass is 79.9. The van der Waals surface area contributed by atoms with Crippen LogP contribution in [0.25, 0.3) is 0 Å². The summed E-state index contributed by atoms with van der Waals surface area (Å²) in [7, 11) is 0. The molecule has 0 bridgehead atoms. The molecule has 2 N–H and O–H groups in total. The number of thiocarbonyl (C=S) groups is 1. The van der Waals surface area contributed by atoms with Crippen molar-refractivity contribution in [3.63, 3.8) is 0 Å². The summed E-state index contributed by atoms with van der Waals surface area (Å²) in [5.41, 5.74) is 0.0850. The van der Waals surface area contributed by atoms with Crippen molar-refractivity contribution in [2.45, 2.75) is 26.1 Å². The van der Waals surface area contributed by atoms with Crippen LogP contribution in [0.4, 0.5) is 18.9 Å². The number of halogens is 5. The smallest absolute Gasteiger partial charge is 0.362 e. The summed E-state index contributed by atoms with van der Waals surface area (Å²) in [5, 5.41) is 9.66. The largest absolute Gasteiger partial charge is 0.436 e. The van der Waals surface area contributed by atoms with Crippen LogP contribution in [-0.4, -0.2) is 21.4 Å². The van der Waals surface area contributed by atoms with Gasteiger partial charge in [-0.05, 0) is 49.8 Å². The molecule has 0 aliphatic carbocycles. The van der Waals surface area contributed by atoms with Crippen LogP contribution in [0.2, 0.25) is 5.02 Å². The third-order valence-corrected chi connectivity index (χ3v) is 4.56. The van der Waals surface area contributed by atoms with E-state index < -0.39 is 11.9 Å². The molecule has 0 saturated heterocycles. The van der Waals surface area contributed by atoms with Gasteiger partial charge < -0.3 is 10.6 Å². The number of alkyl halides is 3. The van der Waals surface area contributed by atoms with E-state index >= 15 is 0 Å². The topological polar surface area (TPSA) is 41.9 Å². The van der Waals surface area contributed by atoms with E-state index in [0.717, 1.165) is 10.2 Å². The molecule has 136 valence electrons. The summed E-state index contributed by atoms with van der Waals surface area (Å²) >= 11 is 14.2. The van der Waals surface area contributed by atoms with Crippen molar-refractivity contribution in [3.8, 4) is 0 Å². The molecule has 2 aromatic rings. The molecule has 0 spiro atoms. The van der Waals surface area contributed by atoms with Gasteiger partial charge in [0.25, 0.3) is 0 Å². The predicted molar refractivity (Wildman–Crippen MR) is 100.0 cm³/mol. The zero-order valence-electron chi connectivity index (χ0n) is 13.1. The minimum absolute atomic E-state index is 0.296. The average molecular weight is 456 g/mol. The highest BCUT2D eigenvalue weighted by molar-refractivity contribution is 9.10. The van der Waals surface area contributed by atoms with E-state index in [1.165, 1.54) is 11.6 Å². The average Bonchev–Trinajstić information content (AvgIpc) is 2.82. The number of hydrogen-bond donors (Lipinski definition) is 2. The maximum absolute atomic E-state index is 12.8. The zero-order chi connectivity index (χ0) is 18.6. The van der Waals surface area contributed by atoms with Crippen molar-refractivity contribution in [1.82, 2.24) is 15.1 Å². The van der Waals surface area contributed by atoms with Gasteiger partial charge in [-0.1, -0.05) is 27.5 Å². The van der Waals surface area contributed by atoms with E-state index in [9.17, 15) is 13.2 Å². The van der Waals surface area contributed by atoms with Gasteiger partial charge in [-0.3, -0.25) is 4.68 Å². The Labute approximate surface area is 161 Å². The fraction of sp³-hybridized carbons (Fsp3) is 0.333. The van der Waals surface area contributed by atoms with Gasteiger partial charge in [-0.2, -0.15) is 18.3 Å². The van der Waals surface area contributed by atoms with E-state index in [0.29, 0.717) is 30.3 Å². The summed E-state index contributed by atoms with van der Waals surface area (Å²) in [6.45, 7) is 2.30. The lowest BCUT2D eigenvalue weighted by Gasteiger charge is -2.11. The normalized spacial score (nSPS) is 11.4. The fourth-order valence-electron chi connectivity index (χ4n) is 2.06. The van der Waals surface area contributed by atoms with Gasteiger partial charge in [0, 0.05) is 23.2 Å². The van der Waals surface area contributed by atoms with Gasteiger partial charge in [-0.15, -0.1) is 0 Å². The van der Waals surface area contributed by atoms with Crippen LogP contribution in [0.1, 0.15) is 17.8 Å². The van der Waals surface area contributed by atoms with E-state index in [4.69, 9.17) is 23.8 Å². The maximum Gasteiger partial charge on any atom is 0.436 e. The Morgan fingerprint density at radius 1 is 1.32 bits per heavy atom. The standard InChI is InChI=1S/C15H15BrClF3N4S/c1-9-12(17)13(15(18,19)20)23-24(9)8-2-7-21-14(25)22-11-5-3-10(16)4-6-11/h3-6H,2,7-8H2,1H3,(H2,21,22,25). The minimum atomic E-state index is -4.55. The van der Waals surface area contributed by atoms with E-state index in [2.05, 4.69) is 31.7 Å². The first-order valence-corrected chi connectivity index (χ1v) is 8.87. The molecule has 2 rings (SSSR count). The highest BCUT2D eigenvalue weighted by Crippen LogP contribution is 2.35. The van der Waals surface area contributed by atoms with Crippen molar-refractivity contribution in [1.29, 1.82) is 0 Å². The molecule has 10 heteroatoms. The third-order valence-electron chi connectivity index (χ3n) is 3.34. The SMILES string of the molecule is Cc1c(Cl)c(C(F)(F)F)nn1CCCNC(=S)Nc1ccc(Br)cc1. The molecule has 0 unspecified atom stereocenters. The monoisotopic (exact) mass is 454 g/mol. The van der Waals surface area contributed by atoms with Crippen molar-refractivity contribution < 1.29 is 13.2 Å². The third kappa shape index (κ3) is 5.58. The lowest BCUT2D eigenvalue weighted by atomic mass is 10.3. The van der Waals surface area contributed by atoms with Crippen LogP contribution in [0, 0.1) is 6.92 Å². The second kappa shape index (κ2) is 8.37. The number of rotatable bonds is 5. The lowest BCUT2D eigenvalue weighted by Crippen LogP contribution is -2.29. The molecular formula is C15H15BrClF3N4S. The molecule has 4 nitrogen and oxygen atoms in total. The van der Waals surface area contributed by atoms with Gasteiger partial charge >= 0.3 is 6.18 Å². The second-order valence-electron chi connectivity index (χ2n) is 5.21. The molecule has 0 saturated carbocycles. The number of hydrogen-bond acceptors (Lipinski definition) is 2. The second-order valence-corrected chi connectivity index (χ2v) is 6.91. The zero-order valence-corrected chi connectivity index (χ0v) is 16.3. The number of aromatic nitrogens is 2. The van der Waals surface area contributed by atoms with Gasteiger partial charge in [0.2, 0.25) is 0 Å². The number of anilines is 1. The number of nitrogens with zero attached hydrogens (tertiary/aromatic N) is 2. The lowest BCUT2D eigenvalue weighted by molar-refractivity contribution is -0.141. The molecular weight excluding hydrogens is 441 g/mol. The van der Waals surface area contributed by atoms with Crippen LogP contribution >= 0.6 is 39.7 Å². The summed E-state index contributed by atoms with van der Waals surface area (Å²) < 4.78 is 40.5. The predicted octanol–water partition coefficient (Wildman–Crippen LogP) is 5.00. The van der Waals surface area contributed by atoms with E-state index in [1.54, 1.807) is 0 Å². The quantitative estimate of drug-likeness (QED) is 0.492. The van der Waals surface area contributed by atoms with Crippen molar-refractivity contribution in [3.05, 3.63) is 45.1 Å². The summed E-state index contributed by atoms with van der Waals surface area (Å²) in [5.74, 6) is 0. The molecule has 1 heterocycles. The van der Waals surface area contributed by atoms with Crippen LogP contribution < -0.4 is 10.6 Å². The first kappa shape index (κ1) is 20.0. The molecule has 0 radical (unpaired) electrons. The summed E-state index contributed by atoms with van der Waals surface area (Å²) in [6.07, 6.45) is -4.01. The summed E-state index contributed by atoms with van der Waals surface area (Å²) in [6, 6.07) is 7.50. The Morgan fingerprint density at radius 3 is 2.52 bits per heavy atom. The summed E-state index contributed by atoms with van der Waals surface area (Å²) in [4.78, 5) is 0.